The molecule has 0 aliphatic carbocycles. The standard InChI is InChI=1S/C42H84NO8P/c1-5-7-9-11-13-15-17-19-20-21-22-23-25-27-29-31-33-35-42(45)51-40(39-50-52(46,47)49-37-36-43(3)4)38-48-41(44)34-32-30-28-26-24-18-16-14-12-10-8-6-2/h40H,5-39H2,1-4H3,(H,46,47). The molecule has 52 heavy (non-hydrogen) atoms. The Kier molecular flexibility index (Phi) is 37.6. The molecule has 2 atom stereocenters. The zero-order valence-corrected chi connectivity index (χ0v) is 35.4. The van der Waals surface area contributed by atoms with Crippen LogP contribution < -0.4 is 0 Å². The fourth-order valence-electron chi connectivity index (χ4n) is 6.28. The van der Waals surface area contributed by atoms with Gasteiger partial charge in [0.05, 0.1) is 13.2 Å². The predicted molar refractivity (Wildman–Crippen MR) is 216 cm³/mol. The number of carbonyl (C=O) groups is 2. The van der Waals surface area contributed by atoms with Crippen LogP contribution in [0.4, 0.5) is 0 Å². The first-order valence-corrected chi connectivity index (χ1v) is 23.3. The molecule has 0 radical (unpaired) electrons. The number of unbranched alkanes of at least 4 members (excludes halogenated alkanes) is 27. The van der Waals surface area contributed by atoms with Gasteiger partial charge in [0, 0.05) is 19.4 Å². The van der Waals surface area contributed by atoms with Crippen LogP contribution in [0.25, 0.3) is 0 Å². The van der Waals surface area contributed by atoms with Crippen LogP contribution in [0.2, 0.25) is 0 Å². The van der Waals surface area contributed by atoms with E-state index >= 15 is 0 Å². The van der Waals surface area contributed by atoms with Crippen molar-refractivity contribution in [2.24, 2.45) is 0 Å². The lowest BCUT2D eigenvalue weighted by Gasteiger charge is -2.20. The molecule has 9 nitrogen and oxygen atoms in total. The highest BCUT2D eigenvalue weighted by Gasteiger charge is 2.26. The van der Waals surface area contributed by atoms with Crippen molar-refractivity contribution in [1.29, 1.82) is 0 Å². The van der Waals surface area contributed by atoms with E-state index in [9.17, 15) is 19.0 Å². The van der Waals surface area contributed by atoms with Crippen molar-refractivity contribution >= 4 is 19.8 Å². The molecule has 0 aromatic heterocycles. The number of esters is 2. The molecule has 0 aromatic carbocycles. The number of nitrogens with zero attached hydrogens (tertiary/aromatic N) is 1. The third kappa shape index (κ3) is 38.7. The average Bonchev–Trinajstić information content (AvgIpc) is 3.11. The third-order valence-corrected chi connectivity index (χ3v) is 10.6. The molecule has 0 spiro atoms. The Balaban J connectivity index is 4.23. The first kappa shape index (κ1) is 51.0. The topological polar surface area (TPSA) is 112 Å². The molecule has 1 N–H and O–H groups in total. The van der Waals surface area contributed by atoms with Gasteiger partial charge in [0.25, 0.3) is 0 Å². The quantitative estimate of drug-likeness (QED) is 0.0369. The minimum Gasteiger partial charge on any atom is -0.462 e. The van der Waals surface area contributed by atoms with E-state index in [1.807, 2.05) is 19.0 Å². The van der Waals surface area contributed by atoms with Crippen LogP contribution in [-0.2, 0) is 32.7 Å². The predicted octanol–water partition coefficient (Wildman–Crippen LogP) is 12.3. The van der Waals surface area contributed by atoms with E-state index in [0.717, 1.165) is 38.5 Å². The summed E-state index contributed by atoms with van der Waals surface area (Å²) < 4.78 is 33.4. The molecule has 0 fully saturated rings. The Hall–Kier alpha value is -0.990. The van der Waals surface area contributed by atoms with E-state index in [1.165, 1.54) is 148 Å². The SMILES string of the molecule is CCCCCCCCCCCCCCCCCCCC(=O)OC(COC(=O)CCCCCCCCCCCCCC)COP(=O)(O)OCCN(C)C. The fourth-order valence-corrected chi connectivity index (χ4v) is 7.02. The lowest BCUT2D eigenvalue weighted by Crippen LogP contribution is -2.29. The minimum absolute atomic E-state index is 0.0125. The highest BCUT2D eigenvalue weighted by atomic mass is 31.2. The Labute approximate surface area is 321 Å². The number of carbonyl (C=O) groups excluding carboxylic acids is 2. The first-order chi connectivity index (χ1) is 25.2. The van der Waals surface area contributed by atoms with Gasteiger partial charge in [-0.2, -0.15) is 0 Å². The van der Waals surface area contributed by atoms with Gasteiger partial charge in [0.1, 0.15) is 6.61 Å². The van der Waals surface area contributed by atoms with Gasteiger partial charge < -0.3 is 19.3 Å². The number of rotatable bonds is 41. The summed E-state index contributed by atoms with van der Waals surface area (Å²) >= 11 is 0. The monoisotopic (exact) mass is 762 g/mol. The van der Waals surface area contributed by atoms with Gasteiger partial charge in [-0.3, -0.25) is 18.6 Å². The Bertz CT molecular complexity index is 843. The molecule has 0 saturated carbocycles. The van der Waals surface area contributed by atoms with Crippen molar-refractivity contribution < 1.29 is 37.6 Å². The Morgan fingerprint density at radius 1 is 0.519 bits per heavy atom. The molecule has 0 amide bonds. The molecule has 0 rings (SSSR count). The van der Waals surface area contributed by atoms with Crippen molar-refractivity contribution in [3.05, 3.63) is 0 Å². The summed E-state index contributed by atoms with van der Waals surface area (Å²) in [7, 11) is -0.696. The molecule has 0 heterocycles. The van der Waals surface area contributed by atoms with E-state index in [1.54, 1.807) is 0 Å². The molecule has 10 heteroatoms. The number of phosphoric ester groups is 1. The largest absolute Gasteiger partial charge is 0.472 e. The molecule has 0 bridgehead atoms. The lowest BCUT2D eigenvalue weighted by molar-refractivity contribution is -0.161. The van der Waals surface area contributed by atoms with Crippen molar-refractivity contribution in [1.82, 2.24) is 4.90 Å². The zero-order valence-electron chi connectivity index (χ0n) is 34.5. The summed E-state index contributed by atoms with van der Waals surface area (Å²) in [5.74, 6) is -0.788. The van der Waals surface area contributed by atoms with Gasteiger partial charge in [-0.15, -0.1) is 0 Å². The Morgan fingerprint density at radius 3 is 1.23 bits per heavy atom. The van der Waals surface area contributed by atoms with E-state index in [2.05, 4.69) is 13.8 Å². The van der Waals surface area contributed by atoms with Crippen molar-refractivity contribution in [3.8, 4) is 0 Å². The van der Waals surface area contributed by atoms with Crippen LogP contribution in [-0.4, -0.2) is 68.3 Å². The van der Waals surface area contributed by atoms with E-state index in [-0.39, 0.29) is 25.6 Å². The molecule has 2 unspecified atom stereocenters. The maximum Gasteiger partial charge on any atom is 0.472 e. The van der Waals surface area contributed by atoms with Gasteiger partial charge >= 0.3 is 19.8 Å². The lowest BCUT2D eigenvalue weighted by atomic mass is 10.0. The second kappa shape index (κ2) is 38.3. The van der Waals surface area contributed by atoms with Gasteiger partial charge in [0.2, 0.25) is 0 Å². The molecule has 0 aliphatic rings. The highest BCUT2D eigenvalue weighted by Crippen LogP contribution is 2.43. The number of phosphoric acid groups is 1. The molecule has 0 saturated heterocycles. The van der Waals surface area contributed by atoms with Gasteiger partial charge in [0.15, 0.2) is 6.10 Å². The number of hydrogen-bond donors (Lipinski definition) is 1. The second-order valence-electron chi connectivity index (χ2n) is 15.2. The first-order valence-electron chi connectivity index (χ1n) is 21.8. The summed E-state index contributed by atoms with van der Waals surface area (Å²) in [5.41, 5.74) is 0. The minimum atomic E-state index is -4.35. The van der Waals surface area contributed by atoms with E-state index in [4.69, 9.17) is 18.5 Å². The maximum atomic E-state index is 12.6. The number of hydrogen-bond acceptors (Lipinski definition) is 8. The van der Waals surface area contributed by atoms with Crippen molar-refractivity contribution in [2.45, 2.75) is 219 Å². The van der Waals surface area contributed by atoms with Gasteiger partial charge in [-0.1, -0.05) is 187 Å². The van der Waals surface area contributed by atoms with Gasteiger partial charge in [-0.05, 0) is 26.9 Å². The summed E-state index contributed by atoms with van der Waals surface area (Å²) in [6.07, 6.45) is 35.7. The number of likely N-dealkylation sites (N-methyl/N-ethyl adjacent to an activating group) is 1. The molecule has 0 aromatic rings. The van der Waals surface area contributed by atoms with Crippen molar-refractivity contribution in [2.75, 3.05) is 40.5 Å². The van der Waals surface area contributed by atoms with Crippen LogP contribution >= 0.6 is 7.82 Å². The van der Waals surface area contributed by atoms with Crippen LogP contribution in [0, 0.1) is 0 Å². The zero-order chi connectivity index (χ0) is 38.4. The van der Waals surface area contributed by atoms with Crippen LogP contribution in [0.1, 0.15) is 213 Å². The maximum absolute atomic E-state index is 12.6. The van der Waals surface area contributed by atoms with Crippen LogP contribution in [0.5, 0.6) is 0 Å². The van der Waals surface area contributed by atoms with E-state index in [0.29, 0.717) is 13.0 Å². The molecular weight excluding hydrogens is 677 g/mol. The smallest absolute Gasteiger partial charge is 0.462 e. The molecule has 310 valence electrons. The molecule has 0 aliphatic heterocycles. The number of ether oxygens (including phenoxy) is 2. The van der Waals surface area contributed by atoms with Gasteiger partial charge in [-0.25, -0.2) is 4.57 Å². The summed E-state index contributed by atoms with van der Waals surface area (Å²) in [6, 6.07) is 0. The normalized spacial score (nSPS) is 13.3. The molecular formula is C42H84NO8P. The summed E-state index contributed by atoms with van der Waals surface area (Å²) in [5, 5.41) is 0. The summed E-state index contributed by atoms with van der Waals surface area (Å²) in [6.45, 7) is 4.35. The summed E-state index contributed by atoms with van der Waals surface area (Å²) in [4.78, 5) is 37.0. The second-order valence-corrected chi connectivity index (χ2v) is 16.7. The van der Waals surface area contributed by atoms with E-state index < -0.39 is 26.5 Å². The average molecular weight is 762 g/mol. The fraction of sp³-hybridized carbons (Fsp3) is 0.952. The third-order valence-electron chi connectivity index (χ3n) is 9.66. The Morgan fingerprint density at radius 2 is 0.865 bits per heavy atom. The van der Waals surface area contributed by atoms with Crippen molar-refractivity contribution in [3.63, 3.8) is 0 Å². The van der Waals surface area contributed by atoms with Crippen LogP contribution in [0.3, 0.4) is 0 Å². The van der Waals surface area contributed by atoms with Crippen LogP contribution in [0.15, 0.2) is 0 Å². The highest BCUT2D eigenvalue weighted by molar-refractivity contribution is 7.47.